The summed E-state index contributed by atoms with van der Waals surface area (Å²) in [4.78, 5) is 8.84. The number of nitrogens with zero attached hydrogens (tertiary/aromatic N) is 3. The standard InChI is InChI=1S/C18H26ClN5O2.HI/c1-5-20-18(22-12(3)14-7-9-15(19)10-8-14)21-11-16-23-17(24-26-16)13(4)25-6-2;/h7-10,12-13H,5-6,11H2,1-4H3,(H2,20,21,22);1H. The van der Waals surface area contributed by atoms with Crippen molar-refractivity contribution in [2.75, 3.05) is 13.2 Å². The fourth-order valence-corrected chi connectivity index (χ4v) is 2.45. The molecule has 150 valence electrons. The van der Waals surface area contributed by atoms with Crippen molar-refractivity contribution in [2.45, 2.75) is 46.4 Å². The second-order valence-corrected chi connectivity index (χ2v) is 6.19. The first-order valence-electron chi connectivity index (χ1n) is 8.77. The van der Waals surface area contributed by atoms with Crippen molar-refractivity contribution in [3.8, 4) is 0 Å². The van der Waals surface area contributed by atoms with Gasteiger partial charge in [-0.15, -0.1) is 24.0 Å². The number of guanidine groups is 1. The monoisotopic (exact) mass is 507 g/mol. The normalized spacial score (nSPS) is 13.6. The Morgan fingerprint density at radius 1 is 1.26 bits per heavy atom. The van der Waals surface area contributed by atoms with E-state index in [4.69, 9.17) is 20.9 Å². The maximum atomic E-state index is 5.94. The van der Waals surface area contributed by atoms with E-state index < -0.39 is 0 Å². The lowest BCUT2D eigenvalue weighted by Crippen LogP contribution is -2.38. The van der Waals surface area contributed by atoms with E-state index in [2.05, 4.69) is 32.7 Å². The van der Waals surface area contributed by atoms with Gasteiger partial charge >= 0.3 is 0 Å². The fraction of sp³-hybridized carbons (Fsp3) is 0.500. The SMILES string of the molecule is CCNC(=NCc1nc(C(C)OCC)no1)NC(C)c1ccc(Cl)cc1.I. The molecule has 9 heteroatoms. The molecule has 2 aromatic rings. The highest BCUT2D eigenvalue weighted by molar-refractivity contribution is 14.0. The van der Waals surface area contributed by atoms with Crippen molar-refractivity contribution in [3.63, 3.8) is 0 Å². The fourth-order valence-electron chi connectivity index (χ4n) is 2.33. The first-order valence-corrected chi connectivity index (χ1v) is 9.15. The number of ether oxygens (including phenoxy) is 1. The van der Waals surface area contributed by atoms with Gasteiger partial charge in [0.15, 0.2) is 11.8 Å². The number of aromatic nitrogens is 2. The summed E-state index contributed by atoms with van der Waals surface area (Å²) in [5.41, 5.74) is 1.12. The van der Waals surface area contributed by atoms with Crippen molar-refractivity contribution in [3.05, 3.63) is 46.6 Å². The van der Waals surface area contributed by atoms with Crippen molar-refractivity contribution >= 4 is 41.5 Å². The Morgan fingerprint density at radius 2 is 1.96 bits per heavy atom. The van der Waals surface area contributed by atoms with E-state index in [9.17, 15) is 0 Å². The van der Waals surface area contributed by atoms with Crippen LogP contribution in [0, 0.1) is 0 Å². The molecule has 0 radical (unpaired) electrons. The Morgan fingerprint density at radius 3 is 2.59 bits per heavy atom. The number of hydrogen-bond acceptors (Lipinski definition) is 5. The first kappa shape index (κ1) is 23.6. The maximum absolute atomic E-state index is 5.94. The highest BCUT2D eigenvalue weighted by Crippen LogP contribution is 2.16. The molecule has 0 saturated heterocycles. The molecular formula is C18H27ClIN5O2. The minimum absolute atomic E-state index is 0. The summed E-state index contributed by atoms with van der Waals surface area (Å²) in [6, 6.07) is 7.80. The predicted octanol–water partition coefficient (Wildman–Crippen LogP) is 4.25. The number of nitrogens with one attached hydrogen (secondary N) is 2. The average molecular weight is 508 g/mol. The zero-order chi connectivity index (χ0) is 18.9. The molecule has 2 unspecified atom stereocenters. The van der Waals surface area contributed by atoms with Gasteiger partial charge < -0.3 is 19.9 Å². The lowest BCUT2D eigenvalue weighted by Gasteiger charge is -2.18. The van der Waals surface area contributed by atoms with Gasteiger partial charge in [-0.3, -0.25) is 0 Å². The number of rotatable bonds is 8. The largest absolute Gasteiger partial charge is 0.371 e. The van der Waals surface area contributed by atoms with E-state index in [0.29, 0.717) is 24.3 Å². The second-order valence-electron chi connectivity index (χ2n) is 5.76. The summed E-state index contributed by atoms with van der Waals surface area (Å²) >= 11 is 5.94. The van der Waals surface area contributed by atoms with E-state index in [-0.39, 0.29) is 42.7 Å². The Hall–Kier alpha value is -1.39. The molecule has 0 aliphatic heterocycles. The minimum Gasteiger partial charge on any atom is -0.371 e. The van der Waals surface area contributed by atoms with Crippen molar-refractivity contribution < 1.29 is 9.26 Å². The molecule has 7 nitrogen and oxygen atoms in total. The molecule has 1 aromatic heterocycles. The number of halogens is 2. The molecule has 0 aliphatic rings. The van der Waals surface area contributed by atoms with Crippen LogP contribution < -0.4 is 10.6 Å². The van der Waals surface area contributed by atoms with E-state index in [1.807, 2.05) is 45.0 Å². The van der Waals surface area contributed by atoms with Gasteiger partial charge in [-0.1, -0.05) is 28.9 Å². The molecule has 0 amide bonds. The Balaban J connectivity index is 0.00000364. The highest BCUT2D eigenvalue weighted by atomic mass is 127. The van der Waals surface area contributed by atoms with Crippen LogP contribution in [0.1, 0.15) is 57.1 Å². The molecule has 0 aliphatic carbocycles. The molecule has 0 spiro atoms. The number of benzene rings is 1. The summed E-state index contributed by atoms with van der Waals surface area (Å²) in [6.07, 6.45) is -0.197. The first-order chi connectivity index (χ1) is 12.5. The van der Waals surface area contributed by atoms with Gasteiger partial charge in [0.2, 0.25) is 5.89 Å². The van der Waals surface area contributed by atoms with Crippen molar-refractivity contribution in [1.29, 1.82) is 0 Å². The van der Waals surface area contributed by atoms with Gasteiger partial charge in [0.25, 0.3) is 0 Å². The Bertz CT molecular complexity index is 708. The second kappa shape index (κ2) is 12.1. The van der Waals surface area contributed by atoms with Crippen LogP contribution in [-0.4, -0.2) is 29.3 Å². The molecule has 0 saturated carbocycles. The predicted molar refractivity (Wildman–Crippen MR) is 118 cm³/mol. The number of aliphatic imine (C=N–C) groups is 1. The summed E-state index contributed by atoms with van der Waals surface area (Å²) in [6.45, 7) is 9.52. The molecule has 1 aromatic carbocycles. The lowest BCUT2D eigenvalue weighted by atomic mass is 10.1. The quantitative estimate of drug-likeness (QED) is 0.316. The summed E-state index contributed by atoms with van der Waals surface area (Å²) in [5.74, 6) is 1.65. The van der Waals surface area contributed by atoms with Crippen LogP contribution in [0.4, 0.5) is 0 Å². The highest BCUT2D eigenvalue weighted by Gasteiger charge is 2.14. The molecule has 2 N–H and O–H groups in total. The number of hydrogen-bond donors (Lipinski definition) is 2. The van der Waals surface area contributed by atoms with Crippen molar-refractivity contribution in [1.82, 2.24) is 20.8 Å². The topological polar surface area (TPSA) is 84.6 Å². The zero-order valence-electron chi connectivity index (χ0n) is 16.0. The summed E-state index contributed by atoms with van der Waals surface area (Å²) in [5, 5.41) is 11.2. The van der Waals surface area contributed by atoms with Gasteiger partial charge in [0, 0.05) is 18.2 Å². The van der Waals surface area contributed by atoms with Crippen LogP contribution in [0.3, 0.4) is 0 Å². The molecule has 1 heterocycles. The Labute approximate surface area is 182 Å². The summed E-state index contributed by atoms with van der Waals surface area (Å²) in [7, 11) is 0. The maximum Gasteiger partial charge on any atom is 0.248 e. The molecule has 2 rings (SSSR count). The van der Waals surface area contributed by atoms with Crippen LogP contribution in [0.2, 0.25) is 5.02 Å². The van der Waals surface area contributed by atoms with Crippen LogP contribution in [0.5, 0.6) is 0 Å². The van der Waals surface area contributed by atoms with Gasteiger partial charge in [-0.05, 0) is 45.4 Å². The third kappa shape index (κ3) is 7.63. The minimum atomic E-state index is -0.197. The van der Waals surface area contributed by atoms with Gasteiger partial charge in [0.05, 0.1) is 6.04 Å². The third-order valence-corrected chi connectivity index (χ3v) is 3.96. The zero-order valence-corrected chi connectivity index (χ0v) is 19.1. The summed E-state index contributed by atoms with van der Waals surface area (Å²) < 4.78 is 10.7. The van der Waals surface area contributed by atoms with Gasteiger partial charge in [-0.2, -0.15) is 4.98 Å². The molecule has 0 bridgehead atoms. The molecule has 27 heavy (non-hydrogen) atoms. The average Bonchev–Trinajstić information content (AvgIpc) is 3.10. The van der Waals surface area contributed by atoms with E-state index >= 15 is 0 Å². The molecule has 2 atom stereocenters. The van der Waals surface area contributed by atoms with Gasteiger partial charge in [-0.25, -0.2) is 4.99 Å². The van der Waals surface area contributed by atoms with Gasteiger partial charge in [0.1, 0.15) is 12.6 Å². The smallest absolute Gasteiger partial charge is 0.248 e. The van der Waals surface area contributed by atoms with Crippen molar-refractivity contribution in [2.24, 2.45) is 4.99 Å². The molecular weight excluding hydrogens is 481 g/mol. The third-order valence-electron chi connectivity index (χ3n) is 3.70. The molecule has 0 fully saturated rings. The Kier molecular flexibility index (Phi) is 10.6. The van der Waals surface area contributed by atoms with E-state index in [0.717, 1.165) is 17.1 Å². The van der Waals surface area contributed by atoms with Crippen LogP contribution in [0.25, 0.3) is 0 Å². The van der Waals surface area contributed by atoms with Crippen LogP contribution in [-0.2, 0) is 11.3 Å². The van der Waals surface area contributed by atoms with Crippen LogP contribution >= 0.6 is 35.6 Å². The van der Waals surface area contributed by atoms with E-state index in [1.165, 1.54) is 0 Å². The van der Waals surface area contributed by atoms with Crippen LogP contribution in [0.15, 0.2) is 33.8 Å². The van der Waals surface area contributed by atoms with E-state index in [1.54, 1.807) is 0 Å². The lowest BCUT2D eigenvalue weighted by molar-refractivity contribution is 0.0683.